The monoisotopic (exact) mass is 258 g/mol. The molecule has 0 heterocycles. The van der Waals surface area contributed by atoms with Crippen LogP contribution in [0.25, 0.3) is 0 Å². The Morgan fingerprint density at radius 1 is 1.16 bits per heavy atom. The van der Waals surface area contributed by atoms with Crippen LogP contribution in [-0.2, 0) is 0 Å². The molecule has 3 N–H and O–H groups in total. The van der Waals surface area contributed by atoms with Crippen molar-refractivity contribution in [2.24, 2.45) is 0 Å². The predicted octanol–water partition coefficient (Wildman–Crippen LogP) is 3.28. The largest absolute Gasteiger partial charge is 0.398 e. The van der Waals surface area contributed by atoms with Gasteiger partial charge in [0.2, 0.25) is 0 Å². The Bertz CT molecular complexity index is 618. The fourth-order valence-electron chi connectivity index (χ4n) is 1.93. The third-order valence-corrected chi connectivity index (χ3v) is 3.05. The number of hydrogen-bond donors (Lipinski definition) is 2. The summed E-state index contributed by atoms with van der Waals surface area (Å²) < 4.78 is 13.4. The Hall–Kier alpha value is -2.36. The Kier molecular flexibility index (Phi) is 3.51. The smallest absolute Gasteiger partial charge is 0.258 e. The van der Waals surface area contributed by atoms with Crippen molar-refractivity contribution in [2.75, 3.05) is 11.1 Å². The van der Waals surface area contributed by atoms with E-state index in [0.717, 1.165) is 5.56 Å². The molecule has 3 nitrogen and oxygen atoms in total. The molecule has 0 unspecified atom stereocenters. The van der Waals surface area contributed by atoms with Gasteiger partial charge in [0.1, 0.15) is 5.82 Å². The molecule has 0 radical (unpaired) electrons. The van der Waals surface area contributed by atoms with E-state index >= 15 is 0 Å². The van der Waals surface area contributed by atoms with Crippen LogP contribution < -0.4 is 11.1 Å². The summed E-state index contributed by atoms with van der Waals surface area (Å²) in [7, 11) is 0. The summed E-state index contributed by atoms with van der Waals surface area (Å²) in [5.41, 5.74) is 8.28. The standard InChI is InChI=1S/C15H15FN2O/c1-9-5-3-7-12(17)14(9)15(19)18-13-8-4-6-11(16)10(13)2/h3-8H,17H2,1-2H3,(H,18,19). The molecule has 0 saturated heterocycles. The van der Waals surface area contributed by atoms with Crippen molar-refractivity contribution in [3.63, 3.8) is 0 Å². The molecule has 4 heteroatoms. The van der Waals surface area contributed by atoms with Crippen LogP contribution >= 0.6 is 0 Å². The minimum absolute atomic E-state index is 0.329. The van der Waals surface area contributed by atoms with E-state index in [1.165, 1.54) is 6.07 Å². The lowest BCUT2D eigenvalue weighted by atomic mass is 10.1. The van der Waals surface area contributed by atoms with E-state index < -0.39 is 0 Å². The zero-order valence-corrected chi connectivity index (χ0v) is 10.8. The fourth-order valence-corrected chi connectivity index (χ4v) is 1.93. The molecule has 2 rings (SSSR count). The summed E-state index contributed by atoms with van der Waals surface area (Å²) in [6.07, 6.45) is 0. The number of anilines is 2. The predicted molar refractivity (Wildman–Crippen MR) is 74.7 cm³/mol. The van der Waals surface area contributed by atoms with Crippen molar-refractivity contribution < 1.29 is 9.18 Å². The third kappa shape index (κ3) is 2.57. The second kappa shape index (κ2) is 5.10. The number of nitrogens with two attached hydrogens (primary N) is 1. The number of carbonyl (C=O) groups excluding carboxylic acids is 1. The first-order valence-electron chi connectivity index (χ1n) is 5.92. The number of hydrogen-bond acceptors (Lipinski definition) is 2. The summed E-state index contributed by atoms with van der Waals surface area (Å²) in [5.74, 6) is -0.681. The summed E-state index contributed by atoms with van der Waals surface area (Å²) >= 11 is 0. The first-order valence-corrected chi connectivity index (χ1v) is 5.92. The molecule has 2 aromatic rings. The highest BCUT2D eigenvalue weighted by molar-refractivity contribution is 6.09. The first-order chi connectivity index (χ1) is 9.00. The molecule has 0 aliphatic carbocycles. The maximum Gasteiger partial charge on any atom is 0.258 e. The summed E-state index contributed by atoms with van der Waals surface area (Å²) in [6, 6.07) is 9.83. The lowest BCUT2D eigenvalue weighted by molar-refractivity contribution is 0.102. The molecule has 0 atom stereocenters. The second-order valence-electron chi connectivity index (χ2n) is 4.41. The van der Waals surface area contributed by atoms with Crippen LogP contribution in [0.3, 0.4) is 0 Å². The number of nitrogen functional groups attached to an aromatic ring is 1. The van der Waals surface area contributed by atoms with Gasteiger partial charge in [0.05, 0.1) is 5.56 Å². The molecule has 0 aromatic heterocycles. The number of halogens is 1. The highest BCUT2D eigenvalue weighted by atomic mass is 19.1. The van der Waals surface area contributed by atoms with Gasteiger partial charge in [-0.15, -0.1) is 0 Å². The number of carbonyl (C=O) groups is 1. The molecule has 2 aromatic carbocycles. The molecule has 98 valence electrons. The van der Waals surface area contributed by atoms with Gasteiger partial charge in [0, 0.05) is 16.9 Å². The molecule has 0 aliphatic rings. The minimum Gasteiger partial charge on any atom is -0.398 e. The number of amides is 1. The van der Waals surface area contributed by atoms with Gasteiger partial charge >= 0.3 is 0 Å². The van der Waals surface area contributed by atoms with Crippen molar-refractivity contribution >= 4 is 17.3 Å². The molecule has 0 spiro atoms. The molecule has 0 aliphatic heterocycles. The minimum atomic E-state index is -0.351. The van der Waals surface area contributed by atoms with E-state index in [1.807, 2.05) is 13.0 Å². The number of aryl methyl sites for hydroxylation is 1. The van der Waals surface area contributed by atoms with Gasteiger partial charge in [-0.1, -0.05) is 18.2 Å². The molecule has 0 fully saturated rings. The number of benzene rings is 2. The average Bonchev–Trinajstić information content (AvgIpc) is 2.35. The number of rotatable bonds is 2. The maximum atomic E-state index is 13.4. The molecular weight excluding hydrogens is 243 g/mol. The van der Waals surface area contributed by atoms with Crippen molar-refractivity contribution in [2.45, 2.75) is 13.8 Å². The highest BCUT2D eigenvalue weighted by Crippen LogP contribution is 2.21. The van der Waals surface area contributed by atoms with Crippen molar-refractivity contribution in [3.05, 3.63) is 58.9 Å². The molecule has 19 heavy (non-hydrogen) atoms. The van der Waals surface area contributed by atoms with Gasteiger partial charge < -0.3 is 11.1 Å². The maximum absolute atomic E-state index is 13.4. The normalized spacial score (nSPS) is 10.3. The lowest BCUT2D eigenvalue weighted by Crippen LogP contribution is -2.16. The quantitative estimate of drug-likeness (QED) is 0.812. The van der Waals surface area contributed by atoms with Crippen LogP contribution in [0.5, 0.6) is 0 Å². The van der Waals surface area contributed by atoms with Crippen molar-refractivity contribution in [3.8, 4) is 0 Å². The van der Waals surface area contributed by atoms with Gasteiger partial charge in [-0.05, 0) is 37.6 Å². The second-order valence-corrected chi connectivity index (χ2v) is 4.41. The summed E-state index contributed by atoms with van der Waals surface area (Å²) in [4.78, 5) is 12.2. The van der Waals surface area contributed by atoms with Gasteiger partial charge in [0.25, 0.3) is 5.91 Å². The average molecular weight is 258 g/mol. The molecule has 1 amide bonds. The molecular formula is C15H15FN2O. The Morgan fingerprint density at radius 2 is 1.84 bits per heavy atom. The van der Waals surface area contributed by atoms with E-state index in [1.54, 1.807) is 31.2 Å². The Balaban J connectivity index is 2.34. The zero-order valence-electron chi connectivity index (χ0n) is 10.8. The van der Waals surface area contributed by atoms with Crippen LogP contribution in [0.2, 0.25) is 0 Å². The zero-order chi connectivity index (χ0) is 14.0. The van der Waals surface area contributed by atoms with Crippen molar-refractivity contribution in [1.82, 2.24) is 0 Å². The third-order valence-electron chi connectivity index (χ3n) is 3.05. The van der Waals surface area contributed by atoms with Crippen molar-refractivity contribution in [1.29, 1.82) is 0 Å². The van der Waals surface area contributed by atoms with E-state index in [4.69, 9.17) is 5.73 Å². The van der Waals surface area contributed by atoms with E-state index in [2.05, 4.69) is 5.32 Å². The summed E-state index contributed by atoms with van der Waals surface area (Å²) in [5, 5.41) is 2.69. The number of nitrogens with one attached hydrogen (secondary N) is 1. The van der Waals surface area contributed by atoms with Crippen LogP contribution in [0.15, 0.2) is 36.4 Å². The fraction of sp³-hybridized carbons (Fsp3) is 0.133. The SMILES string of the molecule is Cc1cccc(N)c1C(=O)Nc1cccc(F)c1C. The molecule has 0 bridgehead atoms. The van der Waals surface area contributed by atoms with Crippen LogP contribution in [0.4, 0.5) is 15.8 Å². The van der Waals surface area contributed by atoms with E-state index in [9.17, 15) is 9.18 Å². The van der Waals surface area contributed by atoms with E-state index in [-0.39, 0.29) is 11.7 Å². The van der Waals surface area contributed by atoms with Crippen LogP contribution in [0.1, 0.15) is 21.5 Å². The first kappa shape index (κ1) is 13.1. The van der Waals surface area contributed by atoms with Crippen LogP contribution in [0, 0.1) is 19.7 Å². The highest BCUT2D eigenvalue weighted by Gasteiger charge is 2.14. The van der Waals surface area contributed by atoms with Gasteiger partial charge in [0.15, 0.2) is 0 Å². The Morgan fingerprint density at radius 3 is 2.53 bits per heavy atom. The lowest BCUT2D eigenvalue weighted by Gasteiger charge is -2.12. The van der Waals surface area contributed by atoms with Gasteiger partial charge in [-0.2, -0.15) is 0 Å². The van der Waals surface area contributed by atoms with Crippen LogP contribution in [-0.4, -0.2) is 5.91 Å². The van der Waals surface area contributed by atoms with Gasteiger partial charge in [-0.3, -0.25) is 4.79 Å². The summed E-state index contributed by atoms with van der Waals surface area (Å²) in [6.45, 7) is 3.43. The molecule has 0 saturated carbocycles. The topological polar surface area (TPSA) is 55.1 Å². The van der Waals surface area contributed by atoms with Gasteiger partial charge in [-0.25, -0.2) is 4.39 Å². The Labute approximate surface area is 111 Å². The van der Waals surface area contributed by atoms with E-state index in [0.29, 0.717) is 22.5 Å².